The predicted octanol–water partition coefficient (Wildman–Crippen LogP) is 6.68. The summed E-state index contributed by atoms with van der Waals surface area (Å²) in [5.74, 6) is -0.338. The fourth-order valence-electron chi connectivity index (χ4n) is 3.62. The third-order valence-electron chi connectivity index (χ3n) is 5.60. The number of benzene rings is 3. The molecule has 0 fully saturated rings. The van der Waals surface area contributed by atoms with E-state index in [4.69, 9.17) is 4.74 Å². The van der Waals surface area contributed by atoms with Crippen LogP contribution in [0.15, 0.2) is 107 Å². The zero-order chi connectivity index (χ0) is 28.3. The minimum atomic E-state index is -0.446. The highest BCUT2D eigenvalue weighted by atomic mass is 32.2. The highest BCUT2D eigenvalue weighted by Gasteiger charge is 2.18. The second-order valence-corrected chi connectivity index (χ2v) is 10.9. The van der Waals surface area contributed by atoms with Gasteiger partial charge in [0.2, 0.25) is 5.91 Å². The van der Waals surface area contributed by atoms with E-state index in [-0.39, 0.29) is 22.8 Å². The van der Waals surface area contributed by atoms with Crippen LogP contribution in [0.3, 0.4) is 0 Å². The van der Waals surface area contributed by atoms with Gasteiger partial charge in [0.1, 0.15) is 11.4 Å². The van der Waals surface area contributed by atoms with Crippen LogP contribution in [-0.4, -0.2) is 29.6 Å². The lowest BCUT2D eigenvalue weighted by atomic mass is 10.2. The average molecular weight is 572 g/mol. The van der Waals surface area contributed by atoms with E-state index in [1.807, 2.05) is 67.8 Å². The van der Waals surface area contributed by atoms with E-state index in [9.17, 15) is 14.4 Å². The standard InChI is InChI=1S/C31H29N3O4S2/c1-3-38-28-14-8-7-13-26(28)33-29(35)21(2)40-24-17-15-23(16-18-24)32-31(37)27(20-25-12-9-19-39-25)34-30(36)22-10-5-4-6-11-22/h4-21H,3H2,1-2H3,(H,32,37)(H,33,35)(H,34,36)/b27-20-. The van der Waals surface area contributed by atoms with Crippen molar-refractivity contribution in [1.29, 1.82) is 0 Å². The lowest BCUT2D eigenvalue weighted by molar-refractivity contribution is -0.115. The van der Waals surface area contributed by atoms with Crippen LogP contribution >= 0.6 is 23.1 Å². The van der Waals surface area contributed by atoms with Crippen molar-refractivity contribution < 1.29 is 19.1 Å². The number of rotatable bonds is 11. The number of hydrogen-bond acceptors (Lipinski definition) is 6. The third-order valence-corrected chi connectivity index (χ3v) is 7.53. The molecule has 0 radical (unpaired) electrons. The van der Waals surface area contributed by atoms with E-state index in [0.717, 1.165) is 9.77 Å². The molecule has 40 heavy (non-hydrogen) atoms. The zero-order valence-electron chi connectivity index (χ0n) is 22.0. The molecule has 0 bridgehead atoms. The zero-order valence-corrected chi connectivity index (χ0v) is 23.7. The van der Waals surface area contributed by atoms with Gasteiger partial charge in [-0.2, -0.15) is 0 Å². The molecule has 0 saturated heterocycles. The molecule has 0 aliphatic rings. The van der Waals surface area contributed by atoms with Crippen LogP contribution < -0.4 is 20.7 Å². The Balaban J connectivity index is 1.39. The van der Waals surface area contributed by atoms with Crippen LogP contribution in [0.2, 0.25) is 0 Å². The number of para-hydroxylation sites is 2. The van der Waals surface area contributed by atoms with Crippen LogP contribution in [0, 0.1) is 0 Å². The van der Waals surface area contributed by atoms with Gasteiger partial charge in [-0.05, 0) is 79.9 Å². The van der Waals surface area contributed by atoms with E-state index < -0.39 is 5.91 Å². The van der Waals surface area contributed by atoms with Crippen molar-refractivity contribution >= 4 is 58.3 Å². The maximum absolute atomic E-state index is 13.1. The summed E-state index contributed by atoms with van der Waals surface area (Å²) < 4.78 is 5.59. The molecule has 3 amide bonds. The number of ether oxygens (including phenoxy) is 1. The van der Waals surface area contributed by atoms with Crippen LogP contribution in [0.1, 0.15) is 29.1 Å². The first-order chi connectivity index (χ1) is 19.4. The minimum absolute atomic E-state index is 0.132. The van der Waals surface area contributed by atoms with E-state index in [1.54, 1.807) is 48.5 Å². The Morgan fingerprint density at radius 3 is 2.33 bits per heavy atom. The molecule has 7 nitrogen and oxygen atoms in total. The summed E-state index contributed by atoms with van der Waals surface area (Å²) in [6.45, 7) is 4.23. The predicted molar refractivity (Wildman–Crippen MR) is 163 cm³/mol. The van der Waals surface area contributed by atoms with Crippen molar-refractivity contribution in [2.24, 2.45) is 0 Å². The van der Waals surface area contributed by atoms with Gasteiger partial charge >= 0.3 is 0 Å². The molecule has 3 N–H and O–H groups in total. The Morgan fingerprint density at radius 2 is 1.62 bits per heavy atom. The molecule has 4 rings (SSSR count). The van der Waals surface area contributed by atoms with Gasteiger partial charge in [-0.3, -0.25) is 14.4 Å². The number of thiophene rings is 1. The molecule has 1 unspecified atom stereocenters. The molecule has 1 heterocycles. The number of carbonyl (C=O) groups excluding carboxylic acids is 3. The molecule has 0 spiro atoms. The molecule has 204 valence electrons. The first-order valence-corrected chi connectivity index (χ1v) is 14.4. The lowest BCUT2D eigenvalue weighted by Crippen LogP contribution is -2.30. The summed E-state index contributed by atoms with van der Waals surface area (Å²) in [6.07, 6.45) is 1.65. The highest BCUT2D eigenvalue weighted by molar-refractivity contribution is 8.00. The Morgan fingerprint density at radius 1 is 0.900 bits per heavy atom. The average Bonchev–Trinajstić information content (AvgIpc) is 3.48. The van der Waals surface area contributed by atoms with Gasteiger partial charge in [0, 0.05) is 21.0 Å². The van der Waals surface area contributed by atoms with Crippen molar-refractivity contribution in [2.45, 2.75) is 24.0 Å². The van der Waals surface area contributed by atoms with Gasteiger partial charge in [0.15, 0.2) is 0 Å². The van der Waals surface area contributed by atoms with Crippen LogP contribution in [0.25, 0.3) is 6.08 Å². The number of amides is 3. The SMILES string of the molecule is CCOc1ccccc1NC(=O)C(C)Sc1ccc(NC(=O)/C(=C/c2cccs2)NC(=O)c2ccccc2)cc1. The Labute approximate surface area is 241 Å². The maximum atomic E-state index is 13.1. The second kappa shape index (κ2) is 14.2. The number of nitrogens with one attached hydrogen (secondary N) is 3. The van der Waals surface area contributed by atoms with E-state index >= 15 is 0 Å². The smallest absolute Gasteiger partial charge is 0.272 e. The fraction of sp³-hybridized carbons (Fsp3) is 0.129. The maximum Gasteiger partial charge on any atom is 0.272 e. The minimum Gasteiger partial charge on any atom is -0.492 e. The summed E-state index contributed by atoms with van der Waals surface area (Å²) in [5.41, 5.74) is 1.77. The van der Waals surface area contributed by atoms with Gasteiger partial charge in [0.25, 0.3) is 11.8 Å². The largest absolute Gasteiger partial charge is 0.492 e. The van der Waals surface area contributed by atoms with Gasteiger partial charge in [0.05, 0.1) is 17.5 Å². The summed E-state index contributed by atoms with van der Waals surface area (Å²) in [6, 6.07) is 27.0. The summed E-state index contributed by atoms with van der Waals surface area (Å²) in [7, 11) is 0. The fourth-order valence-corrected chi connectivity index (χ4v) is 5.14. The molecule has 0 aliphatic carbocycles. The number of carbonyl (C=O) groups is 3. The van der Waals surface area contributed by atoms with Crippen LogP contribution in [0.5, 0.6) is 5.75 Å². The van der Waals surface area contributed by atoms with Crippen molar-refractivity contribution in [3.05, 3.63) is 113 Å². The highest BCUT2D eigenvalue weighted by Crippen LogP contribution is 2.28. The van der Waals surface area contributed by atoms with Crippen molar-refractivity contribution in [3.8, 4) is 5.75 Å². The van der Waals surface area contributed by atoms with E-state index in [0.29, 0.717) is 29.3 Å². The number of hydrogen-bond donors (Lipinski definition) is 3. The summed E-state index contributed by atoms with van der Waals surface area (Å²) in [4.78, 5) is 40.4. The first kappa shape index (κ1) is 28.7. The lowest BCUT2D eigenvalue weighted by Gasteiger charge is -2.15. The summed E-state index contributed by atoms with van der Waals surface area (Å²) in [5, 5.41) is 10.0. The van der Waals surface area contributed by atoms with E-state index in [1.165, 1.54) is 23.1 Å². The van der Waals surface area contributed by atoms with Crippen molar-refractivity contribution in [2.75, 3.05) is 17.2 Å². The molecule has 4 aromatic rings. The molecular formula is C31H29N3O4S2. The molecule has 0 aliphatic heterocycles. The Hall–Kier alpha value is -4.34. The molecule has 1 aromatic heterocycles. The van der Waals surface area contributed by atoms with Gasteiger partial charge in [-0.1, -0.05) is 36.4 Å². The van der Waals surface area contributed by atoms with Gasteiger partial charge < -0.3 is 20.7 Å². The van der Waals surface area contributed by atoms with Crippen molar-refractivity contribution in [1.82, 2.24) is 5.32 Å². The molecule has 9 heteroatoms. The second-order valence-electron chi connectivity index (χ2n) is 8.55. The topological polar surface area (TPSA) is 96.5 Å². The Bertz CT molecular complexity index is 1470. The first-order valence-electron chi connectivity index (χ1n) is 12.7. The number of thioether (sulfide) groups is 1. The molecule has 1 atom stereocenters. The number of anilines is 2. The monoisotopic (exact) mass is 571 g/mol. The van der Waals surface area contributed by atoms with Crippen molar-refractivity contribution in [3.63, 3.8) is 0 Å². The van der Waals surface area contributed by atoms with Crippen LogP contribution in [-0.2, 0) is 9.59 Å². The summed E-state index contributed by atoms with van der Waals surface area (Å²) >= 11 is 2.86. The molecule has 3 aromatic carbocycles. The third kappa shape index (κ3) is 8.08. The Kier molecular flexibility index (Phi) is 10.1. The normalized spacial score (nSPS) is 11.8. The molecular weight excluding hydrogens is 542 g/mol. The van der Waals surface area contributed by atoms with Crippen LogP contribution in [0.4, 0.5) is 11.4 Å². The quantitative estimate of drug-likeness (QED) is 0.138. The molecule has 0 saturated carbocycles. The van der Waals surface area contributed by atoms with Gasteiger partial charge in [-0.15, -0.1) is 23.1 Å². The van der Waals surface area contributed by atoms with Gasteiger partial charge in [-0.25, -0.2) is 0 Å². The van der Waals surface area contributed by atoms with E-state index in [2.05, 4.69) is 16.0 Å².